The summed E-state index contributed by atoms with van der Waals surface area (Å²) in [5.41, 5.74) is 0. The van der Waals surface area contributed by atoms with Gasteiger partial charge >= 0.3 is 0 Å². The lowest BCUT2D eigenvalue weighted by Crippen LogP contribution is -1.74. The van der Waals surface area contributed by atoms with Crippen LogP contribution in [0.3, 0.4) is 0 Å². The highest BCUT2D eigenvalue weighted by molar-refractivity contribution is 7.58. The van der Waals surface area contributed by atoms with Crippen LogP contribution in [-0.4, -0.2) is 19.4 Å². The van der Waals surface area contributed by atoms with Gasteiger partial charge in [0, 0.05) is 12.8 Å². The molecule has 7 heavy (non-hydrogen) atoms. The minimum atomic E-state index is -2.04. The molecular weight excluding hydrogens is 111 g/mol. The Morgan fingerprint density at radius 2 is 2.43 bits per heavy atom. The molecule has 1 rings (SSSR count). The van der Waals surface area contributed by atoms with Crippen molar-refractivity contribution in [3.05, 3.63) is 0 Å². The second-order valence-electron chi connectivity index (χ2n) is 1.92. The van der Waals surface area contributed by atoms with Gasteiger partial charge in [-0.25, -0.2) is 0 Å². The summed E-state index contributed by atoms with van der Waals surface area (Å²) in [7, 11) is -2.04. The molecule has 1 aliphatic heterocycles. The molecule has 42 valence electrons. The van der Waals surface area contributed by atoms with E-state index in [1.807, 2.05) is 0 Å². The summed E-state index contributed by atoms with van der Waals surface area (Å²) in [5, 5.41) is 0. The lowest BCUT2D eigenvalue weighted by Gasteiger charge is -1.97. The van der Waals surface area contributed by atoms with Crippen LogP contribution in [0, 0.1) is 0 Å². The second-order valence-corrected chi connectivity index (χ2v) is 4.66. The summed E-state index contributed by atoms with van der Waals surface area (Å²) in [6, 6.07) is 0. The molecule has 0 unspecified atom stereocenters. The lowest BCUT2D eigenvalue weighted by molar-refractivity contribution is 0.354. The summed E-state index contributed by atoms with van der Waals surface area (Å²) in [4.78, 5) is 0. The maximum atomic E-state index is 10.8. The van der Waals surface area contributed by atoms with Crippen molar-refractivity contribution >= 4 is 7.37 Å². The van der Waals surface area contributed by atoms with Gasteiger partial charge in [-0.1, -0.05) is 0 Å². The van der Waals surface area contributed by atoms with Crippen molar-refractivity contribution in [1.82, 2.24) is 0 Å². The molecule has 0 amide bonds. The van der Waals surface area contributed by atoms with E-state index in [2.05, 4.69) is 0 Å². The van der Waals surface area contributed by atoms with Crippen molar-refractivity contribution < 1.29 is 9.09 Å². The molecule has 0 aromatic heterocycles. The molecule has 1 saturated heterocycles. The fourth-order valence-electron chi connectivity index (χ4n) is 0.674. The van der Waals surface area contributed by atoms with E-state index in [4.69, 9.17) is 4.52 Å². The largest absolute Gasteiger partial charge is 0.329 e. The van der Waals surface area contributed by atoms with Gasteiger partial charge in [-0.3, -0.25) is 4.57 Å². The molecule has 0 saturated carbocycles. The molecule has 1 atom stereocenters. The quantitative estimate of drug-likeness (QED) is 0.450. The third-order valence-electron chi connectivity index (χ3n) is 1.07. The highest BCUT2D eigenvalue weighted by Gasteiger charge is 2.20. The van der Waals surface area contributed by atoms with Crippen LogP contribution in [0.4, 0.5) is 0 Å². The van der Waals surface area contributed by atoms with E-state index >= 15 is 0 Å². The molecule has 0 spiro atoms. The van der Waals surface area contributed by atoms with E-state index < -0.39 is 7.37 Å². The third kappa shape index (κ3) is 1.29. The Kier molecular flexibility index (Phi) is 1.22. The van der Waals surface area contributed by atoms with E-state index in [0.717, 1.165) is 12.6 Å². The summed E-state index contributed by atoms with van der Waals surface area (Å²) < 4.78 is 15.7. The maximum absolute atomic E-state index is 10.8. The molecule has 1 fully saturated rings. The van der Waals surface area contributed by atoms with Crippen molar-refractivity contribution in [2.45, 2.75) is 6.42 Å². The first-order valence-corrected chi connectivity index (χ1v) is 4.67. The van der Waals surface area contributed by atoms with Gasteiger partial charge in [-0.15, -0.1) is 0 Å². The average Bonchev–Trinajstić information content (AvgIpc) is 1.84. The number of hydrogen-bond donors (Lipinski definition) is 0. The standard InChI is InChI=1S/C4H9O2P/c1-7(5)4-2-3-6-7/h2-4H2,1H3/t7-/m0/s1. The van der Waals surface area contributed by atoms with Gasteiger partial charge in [-0.2, -0.15) is 0 Å². The summed E-state index contributed by atoms with van der Waals surface area (Å²) in [6.07, 6.45) is 1.76. The van der Waals surface area contributed by atoms with E-state index in [9.17, 15) is 4.57 Å². The van der Waals surface area contributed by atoms with Crippen LogP contribution in [0.15, 0.2) is 0 Å². The Morgan fingerprint density at radius 3 is 2.57 bits per heavy atom. The van der Waals surface area contributed by atoms with E-state index in [1.54, 1.807) is 6.66 Å². The van der Waals surface area contributed by atoms with Gasteiger partial charge in [0.25, 0.3) is 0 Å². The molecule has 1 heterocycles. The topological polar surface area (TPSA) is 26.3 Å². The molecule has 0 aromatic rings. The zero-order valence-electron chi connectivity index (χ0n) is 4.39. The Labute approximate surface area is 43.3 Å². The van der Waals surface area contributed by atoms with Crippen molar-refractivity contribution in [2.75, 3.05) is 19.4 Å². The van der Waals surface area contributed by atoms with Crippen molar-refractivity contribution in [3.63, 3.8) is 0 Å². The van der Waals surface area contributed by atoms with Gasteiger partial charge in [0.15, 0.2) is 7.37 Å². The van der Waals surface area contributed by atoms with Crippen LogP contribution in [0.25, 0.3) is 0 Å². The predicted molar refractivity (Wildman–Crippen MR) is 29.0 cm³/mol. The van der Waals surface area contributed by atoms with Crippen molar-refractivity contribution in [1.29, 1.82) is 0 Å². The van der Waals surface area contributed by atoms with Crippen LogP contribution >= 0.6 is 7.37 Å². The zero-order chi connectivity index (χ0) is 5.33. The molecule has 0 aromatic carbocycles. The molecule has 2 nitrogen and oxygen atoms in total. The Morgan fingerprint density at radius 1 is 1.71 bits per heavy atom. The van der Waals surface area contributed by atoms with Gasteiger partial charge in [0.2, 0.25) is 0 Å². The van der Waals surface area contributed by atoms with E-state index in [0.29, 0.717) is 6.61 Å². The van der Waals surface area contributed by atoms with Crippen LogP contribution in [0.1, 0.15) is 6.42 Å². The van der Waals surface area contributed by atoms with Crippen molar-refractivity contribution in [3.8, 4) is 0 Å². The Bertz CT molecular complexity index is 100. The van der Waals surface area contributed by atoms with Crippen LogP contribution in [0.2, 0.25) is 0 Å². The minimum Gasteiger partial charge on any atom is -0.329 e. The third-order valence-corrected chi connectivity index (χ3v) is 2.93. The van der Waals surface area contributed by atoms with Crippen LogP contribution in [-0.2, 0) is 9.09 Å². The lowest BCUT2D eigenvalue weighted by atomic mass is 10.5. The minimum absolute atomic E-state index is 0.702. The SMILES string of the molecule is C[P@@]1(=O)CCCO1. The fraction of sp³-hybridized carbons (Fsp3) is 1.00. The fourth-order valence-corrected chi connectivity index (χ4v) is 2.02. The Balaban J connectivity index is 2.57. The summed E-state index contributed by atoms with van der Waals surface area (Å²) in [5.74, 6) is 0. The normalized spacial score (nSPS) is 41.9. The zero-order valence-corrected chi connectivity index (χ0v) is 5.28. The smallest absolute Gasteiger partial charge is 0.200 e. The van der Waals surface area contributed by atoms with Gasteiger partial charge in [0.1, 0.15) is 0 Å². The Hall–Kier alpha value is 0.190. The summed E-state index contributed by atoms with van der Waals surface area (Å²) >= 11 is 0. The molecule has 0 aliphatic carbocycles. The first kappa shape index (κ1) is 5.33. The van der Waals surface area contributed by atoms with Gasteiger partial charge in [-0.05, 0) is 6.42 Å². The molecule has 0 radical (unpaired) electrons. The second kappa shape index (κ2) is 1.61. The van der Waals surface area contributed by atoms with Crippen molar-refractivity contribution in [2.24, 2.45) is 0 Å². The molecule has 3 heteroatoms. The maximum Gasteiger partial charge on any atom is 0.200 e. The first-order valence-electron chi connectivity index (χ1n) is 2.42. The molecule has 0 N–H and O–H groups in total. The first-order chi connectivity index (χ1) is 3.21. The average molecular weight is 120 g/mol. The summed E-state index contributed by atoms with van der Waals surface area (Å²) in [6.45, 7) is 2.40. The molecule has 1 aliphatic rings. The number of hydrogen-bond acceptors (Lipinski definition) is 2. The van der Waals surface area contributed by atoms with Gasteiger partial charge < -0.3 is 4.52 Å². The number of rotatable bonds is 0. The molecule has 0 bridgehead atoms. The van der Waals surface area contributed by atoms with Crippen LogP contribution < -0.4 is 0 Å². The van der Waals surface area contributed by atoms with E-state index in [-0.39, 0.29) is 0 Å². The van der Waals surface area contributed by atoms with E-state index in [1.165, 1.54) is 0 Å². The highest BCUT2D eigenvalue weighted by Crippen LogP contribution is 2.47. The highest BCUT2D eigenvalue weighted by atomic mass is 31.2. The van der Waals surface area contributed by atoms with Crippen LogP contribution in [0.5, 0.6) is 0 Å². The van der Waals surface area contributed by atoms with Gasteiger partial charge in [0.05, 0.1) is 6.61 Å². The predicted octanol–water partition coefficient (Wildman–Crippen LogP) is 1.31. The monoisotopic (exact) mass is 120 g/mol. The molecular formula is C4H9O2P.